The Morgan fingerprint density at radius 3 is 2.60 bits per heavy atom. The minimum Gasteiger partial charge on any atom is -0.325 e. The van der Waals surface area contributed by atoms with E-state index in [1.54, 1.807) is 12.1 Å². The van der Waals surface area contributed by atoms with Crippen molar-refractivity contribution >= 4 is 45.9 Å². The Morgan fingerprint density at radius 1 is 1.25 bits per heavy atom. The summed E-state index contributed by atoms with van der Waals surface area (Å²) in [7, 11) is 0. The zero-order valence-electron chi connectivity index (χ0n) is 10.8. The van der Waals surface area contributed by atoms with E-state index in [4.69, 9.17) is 0 Å². The van der Waals surface area contributed by atoms with Gasteiger partial charge in [-0.1, -0.05) is 0 Å². The van der Waals surface area contributed by atoms with Crippen molar-refractivity contribution in [3.05, 3.63) is 57.4 Å². The molecule has 0 fully saturated rings. The highest BCUT2D eigenvalue weighted by atomic mass is 127. The van der Waals surface area contributed by atoms with Gasteiger partial charge in [0.2, 0.25) is 5.91 Å². The molecule has 0 aromatic heterocycles. The summed E-state index contributed by atoms with van der Waals surface area (Å²) in [5.74, 6) is -0.0335. The van der Waals surface area contributed by atoms with Gasteiger partial charge < -0.3 is 5.32 Å². The number of amides is 1. The Labute approximate surface area is 135 Å². The first-order valence-corrected chi connectivity index (χ1v) is 8.05. The summed E-state index contributed by atoms with van der Waals surface area (Å²) in [4.78, 5) is 12.8. The first kappa shape index (κ1) is 15.3. The molecule has 0 aliphatic heterocycles. The van der Waals surface area contributed by atoms with Crippen molar-refractivity contribution in [2.24, 2.45) is 0 Å². The van der Waals surface area contributed by atoms with E-state index in [1.807, 2.05) is 25.1 Å². The quantitative estimate of drug-likeness (QED) is 0.605. The number of hydrogen-bond acceptors (Lipinski definition) is 2. The number of thioether (sulfide) groups is 1. The summed E-state index contributed by atoms with van der Waals surface area (Å²) < 4.78 is 13.9. The third kappa shape index (κ3) is 4.49. The van der Waals surface area contributed by atoms with E-state index >= 15 is 0 Å². The third-order valence-corrected chi connectivity index (χ3v) is 4.33. The summed E-state index contributed by atoms with van der Waals surface area (Å²) >= 11 is 3.62. The van der Waals surface area contributed by atoms with Gasteiger partial charge in [-0.3, -0.25) is 4.79 Å². The van der Waals surface area contributed by atoms with Gasteiger partial charge in [0.05, 0.1) is 5.75 Å². The molecule has 1 N–H and O–H groups in total. The number of nitrogens with one attached hydrogen (secondary N) is 1. The van der Waals surface area contributed by atoms with Crippen LogP contribution in [0.15, 0.2) is 47.4 Å². The molecular weight excluding hydrogens is 388 g/mol. The van der Waals surface area contributed by atoms with Crippen molar-refractivity contribution in [3.8, 4) is 0 Å². The molecule has 0 aliphatic carbocycles. The largest absolute Gasteiger partial charge is 0.325 e. The van der Waals surface area contributed by atoms with E-state index in [9.17, 15) is 9.18 Å². The smallest absolute Gasteiger partial charge is 0.234 e. The van der Waals surface area contributed by atoms with Crippen LogP contribution in [0, 0.1) is 16.3 Å². The lowest BCUT2D eigenvalue weighted by atomic mass is 10.2. The van der Waals surface area contributed by atoms with Crippen LogP contribution < -0.4 is 5.32 Å². The van der Waals surface area contributed by atoms with Crippen LogP contribution >= 0.6 is 34.4 Å². The second kappa shape index (κ2) is 7.08. The van der Waals surface area contributed by atoms with Gasteiger partial charge in [0.15, 0.2) is 0 Å². The lowest BCUT2D eigenvalue weighted by Gasteiger charge is -2.08. The number of anilines is 1. The maximum Gasteiger partial charge on any atom is 0.234 e. The van der Waals surface area contributed by atoms with Gasteiger partial charge in [-0.25, -0.2) is 4.39 Å². The molecule has 0 saturated heterocycles. The zero-order valence-corrected chi connectivity index (χ0v) is 13.8. The van der Waals surface area contributed by atoms with Crippen LogP contribution in [0.1, 0.15) is 5.56 Å². The van der Waals surface area contributed by atoms with Gasteiger partial charge >= 0.3 is 0 Å². The average molecular weight is 401 g/mol. The van der Waals surface area contributed by atoms with Crippen LogP contribution in [0.25, 0.3) is 0 Å². The molecule has 20 heavy (non-hydrogen) atoms. The van der Waals surface area contributed by atoms with Crippen molar-refractivity contribution in [1.82, 2.24) is 0 Å². The second-order valence-electron chi connectivity index (χ2n) is 4.25. The van der Waals surface area contributed by atoms with E-state index in [2.05, 4.69) is 27.9 Å². The highest BCUT2D eigenvalue weighted by Crippen LogP contribution is 2.20. The summed E-state index contributed by atoms with van der Waals surface area (Å²) in [6.07, 6.45) is 0. The van der Waals surface area contributed by atoms with Crippen LogP contribution in [0.4, 0.5) is 10.1 Å². The van der Waals surface area contributed by atoms with Gasteiger partial charge in [0, 0.05) is 14.2 Å². The monoisotopic (exact) mass is 401 g/mol. The standard InChI is InChI=1S/C15H13FINOS/c1-10-8-12(17)4-7-14(10)18-15(19)9-20-13-5-2-11(16)3-6-13/h2-8H,9H2,1H3,(H,18,19). The van der Waals surface area contributed by atoms with Crippen LogP contribution in [0.3, 0.4) is 0 Å². The van der Waals surface area contributed by atoms with Gasteiger partial charge in [-0.2, -0.15) is 0 Å². The van der Waals surface area contributed by atoms with E-state index in [1.165, 1.54) is 23.9 Å². The molecule has 0 saturated carbocycles. The number of halogens is 2. The van der Waals surface area contributed by atoms with E-state index in [-0.39, 0.29) is 11.7 Å². The molecule has 5 heteroatoms. The third-order valence-electron chi connectivity index (χ3n) is 2.65. The van der Waals surface area contributed by atoms with Crippen molar-refractivity contribution < 1.29 is 9.18 Å². The average Bonchev–Trinajstić information content (AvgIpc) is 2.41. The van der Waals surface area contributed by atoms with Gasteiger partial charge in [-0.15, -0.1) is 11.8 Å². The summed E-state index contributed by atoms with van der Waals surface area (Å²) in [6, 6.07) is 12.0. The lowest BCUT2D eigenvalue weighted by molar-refractivity contribution is -0.113. The SMILES string of the molecule is Cc1cc(I)ccc1NC(=O)CSc1ccc(F)cc1. The number of carbonyl (C=O) groups excluding carboxylic acids is 1. The minimum atomic E-state index is -0.270. The first-order chi connectivity index (χ1) is 9.54. The maximum absolute atomic E-state index is 12.8. The molecule has 104 valence electrons. The van der Waals surface area contributed by atoms with Crippen LogP contribution in [0.5, 0.6) is 0 Å². The first-order valence-electron chi connectivity index (χ1n) is 5.99. The number of hydrogen-bond donors (Lipinski definition) is 1. The number of benzene rings is 2. The molecule has 0 radical (unpaired) electrons. The second-order valence-corrected chi connectivity index (χ2v) is 6.54. The highest BCUT2D eigenvalue weighted by Gasteiger charge is 2.06. The van der Waals surface area contributed by atoms with E-state index in [0.29, 0.717) is 5.75 Å². The molecule has 0 heterocycles. The van der Waals surface area contributed by atoms with Crippen LogP contribution in [0.2, 0.25) is 0 Å². The van der Waals surface area contributed by atoms with Crippen molar-refractivity contribution in [1.29, 1.82) is 0 Å². The summed E-state index contributed by atoms with van der Waals surface area (Å²) in [5.41, 5.74) is 1.87. The van der Waals surface area contributed by atoms with Gasteiger partial charge in [0.1, 0.15) is 5.82 Å². The Kier molecular flexibility index (Phi) is 5.42. The molecule has 0 aliphatic rings. The molecule has 0 spiro atoms. The molecule has 2 aromatic carbocycles. The van der Waals surface area contributed by atoms with Gasteiger partial charge in [-0.05, 0) is 77.5 Å². The fourth-order valence-corrected chi connectivity index (χ4v) is 2.98. The number of rotatable bonds is 4. The lowest BCUT2D eigenvalue weighted by Crippen LogP contribution is -2.14. The molecule has 0 atom stereocenters. The Hall–Kier alpha value is -1.08. The molecule has 2 aromatic rings. The van der Waals surface area contributed by atoms with E-state index in [0.717, 1.165) is 19.7 Å². The topological polar surface area (TPSA) is 29.1 Å². The normalized spacial score (nSPS) is 10.3. The summed E-state index contributed by atoms with van der Waals surface area (Å²) in [6.45, 7) is 1.96. The van der Waals surface area contributed by atoms with Crippen molar-refractivity contribution in [2.75, 3.05) is 11.1 Å². The van der Waals surface area contributed by atoms with Crippen LogP contribution in [-0.2, 0) is 4.79 Å². The summed E-state index contributed by atoms with van der Waals surface area (Å²) in [5, 5.41) is 2.88. The minimum absolute atomic E-state index is 0.0661. The molecule has 2 nitrogen and oxygen atoms in total. The van der Waals surface area contributed by atoms with E-state index < -0.39 is 0 Å². The van der Waals surface area contributed by atoms with Crippen LogP contribution in [-0.4, -0.2) is 11.7 Å². The molecule has 1 amide bonds. The van der Waals surface area contributed by atoms with Gasteiger partial charge in [0.25, 0.3) is 0 Å². The zero-order chi connectivity index (χ0) is 14.5. The predicted molar refractivity (Wildman–Crippen MR) is 89.6 cm³/mol. The Morgan fingerprint density at radius 2 is 1.95 bits per heavy atom. The maximum atomic E-state index is 12.8. The Balaban J connectivity index is 1.90. The highest BCUT2D eigenvalue weighted by molar-refractivity contribution is 14.1. The fourth-order valence-electron chi connectivity index (χ4n) is 1.63. The molecule has 0 unspecified atom stereocenters. The number of carbonyl (C=O) groups is 1. The molecular formula is C15H13FINOS. The Bertz CT molecular complexity index is 616. The fraction of sp³-hybridized carbons (Fsp3) is 0.133. The van der Waals surface area contributed by atoms with Crippen molar-refractivity contribution in [2.45, 2.75) is 11.8 Å². The number of aryl methyl sites for hydroxylation is 1. The predicted octanol–water partition coefficient (Wildman–Crippen LogP) is 4.47. The molecule has 2 rings (SSSR count). The molecule has 0 bridgehead atoms. The van der Waals surface area contributed by atoms with Crippen molar-refractivity contribution in [3.63, 3.8) is 0 Å².